The van der Waals surface area contributed by atoms with Gasteiger partial charge in [0.2, 0.25) is 0 Å². The molecule has 1 N–H and O–H groups in total. The molecule has 1 aromatic carbocycles. The van der Waals surface area contributed by atoms with Crippen molar-refractivity contribution in [3.63, 3.8) is 0 Å². The van der Waals surface area contributed by atoms with Gasteiger partial charge in [-0.3, -0.25) is 4.79 Å². The Morgan fingerprint density at radius 3 is 2.60 bits per heavy atom. The topological polar surface area (TPSA) is 55.4 Å². The van der Waals surface area contributed by atoms with Crippen LogP contribution in [-0.2, 0) is 9.53 Å². The van der Waals surface area contributed by atoms with Crippen LogP contribution in [0.5, 0.6) is 0 Å². The summed E-state index contributed by atoms with van der Waals surface area (Å²) in [5, 5.41) is 2.72. The Hall–Kier alpha value is -1.43. The summed E-state index contributed by atoms with van der Waals surface area (Å²) in [6.45, 7) is 5.23. The Morgan fingerprint density at radius 2 is 2.05 bits per heavy atom. The number of nitrogens with one attached hydrogen (secondary N) is 1. The largest absolute Gasteiger partial charge is 0.452 e. The summed E-state index contributed by atoms with van der Waals surface area (Å²) in [7, 11) is 0. The number of carbonyl (C=O) groups excluding carboxylic acids is 2. The first-order valence-corrected chi connectivity index (χ1v) is 6.97. The first-order valence-electron chi connectivity index (χ1n) is 6.18. The molecule has 20 heavy (non-hydrogen) atoms. The summed E-state index contributed by atoms with van der Waals surface area (Å²) < 4.78 is 18.8. The van der Waals surface area contributed by atoms with E-state index >= 15 is 0 Å². The second kappa shape index (κ2) is 6.83. The van der Waals surface area contributed by atoms with E-state index in [1.807, 2.05) is 20.8 Å². The van der Waals surface area contributed by atoms with E-state index in [1.54, 1.807) is 0 Å². The van der Waals surface area contributed by atoms with Gasteiger partial charge in [0.25, 0.3) is 5.91 Å². The molecule has 0 aliphatic rings. The van der Waals surface area contributed by atoms with Crippen LogP contribution in [-0.4, -0.2) is 24.0 Å². The zero-order valence-corrected chi connectivity index (χ0v) is 13.2. The Labute approximate surface area is 125 Å². The Bertz CT molecular complexity index is 517. The zero-order valence-electron chi connectivity index (χ0n) is 11.6. The van der Waals surface area contributed by atoms with E-state index in [1.165, 1.54) is 12.1 Å². The molecule has 0 saturated heterocycles. The second-order valence-electron chi connectivity index (χ2n) is 4.99. The summed E-state index contributed by atoms with van der Waals surface area (Å²) in [5.74, 6) is -1.97. The van der Waals surface area contributed by atoms with Gasteiger partial charge in [-0.15, -0.1) is 0 Å². The molecule has 0 aliphatic heterocycles. The van der Waals surface area contributed by atoms with Gasteiger partial charge < -0.3 is 10.1 Å². The Balaban J connectivity index is 2.57. The summed E-state index contributed by atoms with van der Waals surface area (Å²) in [4.78, 5) is 23.3. The molecular formula is C14H17BrFNO3. The number of esters is 1. The van der Waals surface area contributed by atoms with Crippen molar-refractivity contribution in [1.82, 2.24) is 5.32 Å². The highest BCUT2D eigenvalue weighted by atomic mass is 79.9. The molecule has 0 spiro atoms. The number of carbonyl (C=O) groups is 2. The molecule has 0 aliphatic carbocycles. The summed E-state index contributed by atoms with van der Waals surface area (Å²) in [6.07, 6.45) is 0.744. The maximum Gasteiger partial charge on any atom is 0.341 e. The highest BCUT2D eigenvalue weighted by Gasteiger charge is 2.20. The van der Waals surface area contributed by atoms with E-state index in [4.69, 9.17) is 4.74 Å². The van der Waals surface area contributed by atoms with Crippen molar-refractivity contribution < 1.29 is 18.7 Å². The predicted octanol–water partition coefficient (Wildman–Crippen LogP) is 3.05. The quantitative estimate of drug-likeness (QED) is 0.834. The van der Waals surface area contributed by atoms with Crippen LogP contribution in [0.15, 0.2) is 22.7 Å². The number of amides is 1. The molecule has 0 saturated carbocycles. The molecule has 4 nitrogen and oxygen atoms in total. The molecule has 6 heteroatoms. The molecule has 0 radical (unpaired) electrons. The van der Waals surface area contributed by atoms with E-state index < -0.39 is 24.3 Å². The van der Waals surface area contributed by atoms with Crippen molar-refractivity contribution in [2.45, 2.75) is 32.7 Å². The summed E-state index contributed by atoms with van der Waals surface area (Å²) in [5.41, 5.74) is -0.567. The second-order valence-corrected chi connectivity index (χ2v) is 5.90. The lowest BCUT2D eigenvalue weighted by molar-refractivity contribution is -0.125. The number of rotatable bonds is 5. The van der Waals surface area contributed by atoms with E-state index in [2.05, 4.69) is 21.2 Å². The van der Waals surface area contributed by atoms with Crippen molar-refractivity contribution in [3.05, 3.63) is 34.1 Å². The van der Waals surface area contributed by atoms with Gasteiger partial charge >= 0.3 is 5.97 Å². The van der Waals surface area contributed by atoms with Crippen molar-refractivity contribution in [1.29, 1.82) is 0 Å². The van der Waals surface area contributed by atoms with Crippen LogP contribution >= 0.6 is 15.9 Å². The fourth-order valence-electron chi connectivity index (χ4n) is 1.37. The standard InChI is InChI=1S/C14H17BrFNO3/c1-4-14(2,3)17-12(18)8-20-13(19)10-6-5-9(15)7-11(10)16/h5-7H,4,8H2,1-3H3,(H,17,18). The smallest absolute Gasteiger partial charge is 0.341 e. The van der Waals surface area contributed by atoms with Gasteiger partial charge in [0.1, 0.15) is 5.82 Å². The fourth-order valence-corrected chi connectivity index (χ4v) is 1.70. The average Bonchev–Trinajstić information content (AvgIpc) is 2.35. The number of benzene rings is 1. The minimum Gasteiger partial charge on any atom is -0.452 e. The lowest BCUT2D eigenvalue weighted by atomic mass is 10.0. The molecule has 0 bridgehead atoms. The molecule has 0 heterocycles. The van der Waals surface area contributed by atoms with Crippen LogP contribution in [0.25, 0.3) is 0 Å². The summed E-state index contributed by atoms with van der Waals surface area (Å²) in [6, 6.07) is 3.99. The van der Waals surface area contributed by atoms with Gasteiger partial charge in [-0.2, -0.15) is 0 Å². The lowest BCUT2D eigenvalue weighted by Gasteiger charge is -2.24. The zero-order chi connectivity index (χ0) is 15.3. The number of halogens is 2. The van der Waals surface area contributed by atoms with Crippen LogP contribution in [0, 0.1) is 5.82 Å². The molecule has 1 rings (SSSR count). The molecule has 0 unspecified atom stereocenters. The lowest BCUT2D eigenvalue weighted by Crippen LogP contribution is -2.44. The van der Waals surface area contributed by atoms with Crippen molar-refractivity contribution >= 4 is 27.8 Å². The first kappa shape index (κ1) is 16.6. The van der Waals surface area contributed by atoms with Crippen LogP contribution in [0.4, 0.5) is 4.39 Å². The van der Waals surface area contributed by atoms with Crippen LogP contribution in [0.2, 0.25) is 0 Å². The third-order valence-electron chi connectivity index (χ3n) is 2.85. The van der Waals surface area contributed by atoms with Crippen molar-refractivity contribution in [2.24, 2.45) is 0 Å². The monoisotopic (exact) mass is 345 g/mol. The van der Waals surface area contributed by atoms with Crippen LogP contribution in [0.1, 0.15) is 37.6 Å². The van der Waals surface area contributed by atoms with Gasteiger partial charge in [-0.25, -0.2) is 9.18 Å². The van der Waals surface area contributed by atoms with Gasteiger partial charge in [0.15, 0.2) is 6.61 Å². The SMILES string of the molecule is CCC(C)(C)NC(=O)COC(=O)c1ccc(Br)cc1F. The Morgan fingerprint density at radius 1 is 1.40 bits per heavy atom. The third-order valence-corrected chi connectivity index (χ3v) is 3.34. The van der Waals surface area contributed by atoms with E-state index in [0.29, 0.717) is 4.47 Å². The maximum atomic E-state index is 13.5. The normalized spacial score (nSPS) is 11.1. The molecule has 1 amide bonds. The highest BCUT2D eigenvalue weighted by molar-refractivity contribution is 9.10. The minimum absolute atomic E-state index is 0.198. The summed E-state index contributed by atoms with van der Waals surface area (Å²) >= 11 is 3.09. The van der Waals surface area contributed by atoms with Gasteiger partial charge in [-0.1, -0.05) is 22.9 Å². The number of ether oxygens (including phenoxy) is 1. The van der Waals surface area contributed by atoms with Gasteiger partial charge in [0, 0.05) is 10.0 Å². The third kappa shape index (κ3) is 4.92. The molecular weight excluding hydrogens is 329 g/mol. The molecule has 0 aromatic heterocycles. The Kier molecular flexibility index (Phi) is 5.68. The number of hydrogen-bond acceptors (Lipinski definition) is 3. The fraction of sp³-hybridized carbons (Fsp3) is 0.429. The van der Waals surface area contributed by atoms with Crippen LogP contribution in [0.3, 0.4) is 0 Å². The number of hydrogen-bond donors (Lipinski definition) is 1. The molecule has 1 aromatic rings. The van der Waals surface area contributed by atoms with E-state index in [0.717, 1.165) is 12.5 Å². The van der Waals surface area contributed by atoms with Gasteiger partial charge in [0.05, 0.1) is 5.56 Å². The molecule has 0 fully saturated rings. The van der Waals surface area contributed by atoms with Gasteiger partial charge in [-0.05, 0) is 38.5 Å². The van der Waals surface area contributed by atoms with E-state index in [-0.39, 0.29) is 11.1 Å². The molecule has 110 valence electrons. The maximum absolute atomic E-state index is 13.5. The van der Waals surface area contributed by atoms with Crippen molar-refractivity contribution in [3.8, 4) is 0 Å². The average molecular weight is 346 g/mol. The molecule has 0 atom stereocenters. The minimum atomic E-state index is -0.862. The van der Waals surface area contributed by atoms with Crippen LogP contribution < -0.4 is 5.32 Å². The predicted molar refractivity (Wildman–Crippen MR) is 76.9 cm³/mol. The highest BCUT2D eigenvalue weighted by Crippen LogP contribution is 2.16. The van der Waals surface area contributed by atoms with E-state index in [9.17, 15) is 14.0 Å². The van der Waals surface area contributed by atoms with Crippen molar-refractivity contribution in [2.75, 3.05) is 6.61 Å². The first-order chi connectivity index (χ1) is 9.25.